The molecule has 194 valence electrons. The van der Waals surface area contributed by atoms with Crippen molar-refractivity contribution in [3.63, 3.8) is 0 Å². The number of carboxylic acid groups (broad SMARTS) is 2. The molecular formula is C22H20F3N3O7S-2. The van der Waals surface area contributed by atoms with Crippen LogP contribution >= 0.6 is 11.8 Å². The molecule has 0 radical (unpaired) electrons. The average Bonchev–Trinajstić information content (AvgIpc) is 2.82. The number of halogens is 3. The lowest BCUT2D eigenvalue weighted by molar-refractivity contribution is -0.344. The fourth-order valence-corrected chi connectivity index (χ4v) is 3.02. The minimum Gasteiger partial charge on any atom is -0.546 e. The standard InChI is InChI=1S/C20H21N3O5S.C2HF3O2/c1-29-11-16(23-20(27)14-4-2-13(3-5-14)19(21)22)18(26)12-6-8-15(9-7-12)28-10-17(24)25;3-2(4,5)1(6)7/h2-9,16H,10-11H2,1H3,(H3,21,22)(H,23,27)(H,24,25);(H,6,7)/p-2. The predicted octanol–water partition coefficient (Wildman–Crippen LogP) is -0.258. The van der Waals surface area contributed by atoms with E-state index in [0.717, 1.165) is 0 Å². The number of rotatable bonds is 10. The number of alkyl halides is 3. The lowest BCUT2D eigenvalue weighted by Gasteiger charge is -2.17. The Labute approximate surface area is 207 Å². The molecule has 0 saturated carbocycles. The Hall–Kier alpha value is -4.07. The summed E-state index contributed by atoms with van der Waals surface area (Å²) >= 11 is 1.41. The van der Waals surface area contributed by atoms with Gasteiger partial charge < -0.3 is 35.6 Å². The number of hydrogen-bond donors (Lipinski definition) is 3. The number of ketones is 1. The summed E-state index contributed by atoms with van der Waals surface area (Å²) in [7, 11) is 0. The maximum Gasteiger partial charge on any atom is 0.430 e. The Balaban J connectivity index is 0.000000809. The van der Waals surface area contributed by atoms with Gasteiger partial charge in [0.25, 0.3) is 5.91 Å². The molecule has 1 unspecified atom stereocenters. The van der Waals surface area contributed by atoms with Gasteiger partial charge in [0.2, 0.25) is 0 Å². The van der Waals surface area contributed by atoms with Crippen LogP contribution < -0.4 is 26.0 Å². The largest absolute Gasteiger partial charge is 0.546 e. The van der Waals surface area contributed by atoms with Gasteiger partial charge in [0.1, 0.15) is 30.2 Å². The summed E-state index contributed by atoms with van der Waals surface area (Å²) in [6, 6.07) is 11.4. The number of carboxylic acids is 2. The van der Waals surface area contributed by atoms with Gasteiger partial charge in [0, 0.05) is 22.4 Å². The number of carbonyl (C=O) groups is 4. The highest BCUT2D eigenvalue weighted by Crippen LogP contribution is 2.15. The number of nitrogen functional groups attached to an aromatic ring is 1. The summed E-state index contributed by atoms with van der Waals surface area (Å²) in [5.74, 6) is -4.47. The van der Waals surface area contributed by atoms with Gasteiger partial charge in [-0.25, -0.2) is 0 Å². The van der Waals surface area contributed by atoms with E-state index in [1.807, 2.05) is 6.26 Å². The SMILES string of the molecule is CSCC(NC(=O)c1ccc(C(=N)N)cc1)C(=O)c1ccc(OCC(=O)[O-])cc1.O=C([O-])C(F)(F)F. The summed E-state index contributed by atoms with van der Waals surface area (Å²) < 4.78 is 36.5. The molecule has 0 spiro atoms. The van der Waals surface area contributed by atoms with E-state index < -0.39 is 36.7 Å². The predicted molar refractivity (Wildman–Crippen MR) is 119 cm³/mol. The molecule has 0 fully saturated rings. The molecule has 0 bridgehead atoms. The summed E-state index contributed by atoms with van der Waals surface area (Å²) in [5.41, 5.74) is 6.61. The molecule has 4 N–H and O–H groups in total. The highest BCUT2D eigenvalue weighted by Gasteiger charge is 2.28. The molecule has 1 amide bonds. The Morgan fingerprint density at radius 3 is 1.89 bits per heavy atom. The van der Waals surface area contributed by atoms with Gasteiger partial charge in [-0.05, 0) is 42.7 Å². The number of carbonyl (C=O) groups excluding carboxylic acids is 4. The minimum atomic E-state index is -5.19. The Kier molecular flexibility index (Phi) is 11.4. The number of amidine groups is 1. The number of nitrogens with two attached hydrogens (primary N) is 1. The Morgan fingerprint density at radius 1 is 1.00 bits per heavy atom. The second kappa shape index (κ2) is 13.7. The summed E-state index contributed by atoms with van der Waals surface area (Å²) in [6.07, 6.45) is -3.37. The van der Waals surface area contributed by atoms with Gasteiger partial charge in [0.15, 0.2) is 5.78 Å². The molecule has 0 aliphatic heterocycles. The summed E-state index contributed by atoms with van der Waals surface area (Å²) in [5, 5.41) is 29.3. The van der Waals surface area contributed by atoms with Crippen LogP contribution in [-0.4, -0.2) is 60.3 Å². The molecule has 0 heterocycles. The number of ether oxygens (including phenoxy) is 1. The zero-order valence-electron chi connectivity index (χ0n) is 18.6. The molecule has 0 saturated heterocycles. The molecule has 14 heteroatoms. The van der Waals surface area contributed by atoms with Crippen LogP contribution in [0.1, 0.15) is 26.3 Å². The molecule has 0 aromatic heterocycles. The van der Waals surface area contributed by atoms with Gasteiger partial charge in [-0.3, -0.25) is 15.0 Å². The molecule has 10 nitrogen and oxygen atoms in total. The van der Waals surface area contributed by atoms with E-state index in [9.17, 15) is 32.7 Å². The van der Waals surface area contributed by atoms with Crippen molar-refractivity contribution >= 4 is 41.2 Å². The van der Waals surface area contributed by atoms with Crippen LogP contribution in [0.5, 0.6) is 5.75 Å². The molecular weight excluding hydrogens is 507 g/mol. The fraction of sp³-hybridized carbons (Fsp3) is 0.227. The summed E-state index contributed by atoms with van der Waals surface area (Å²) in [4.78, 5) is 44.5. The first kappa shape index (κ1) is 30.0. The van der Waals surface area contributed by atoms with Crippen molar-refractivity contribution in [2.24, 2.45) is 5.73 Å². The van der Waals surface area contributed by atoms with E-state index in [0.29, 0.717) is 28.2 Å². The molecule has 2 rings (SSSR count). The monoisotopic (exact) mass is 527 g/mol. The van der Waals surface area contributed by atoms with Crippen molar-refractivity contribution in [1.82, 2.24) is 5.32 Å². The third-order valence-electron chi connectivity index (χ3n) is 4.14. The highest BCUT2D eigenvalue weighted by molar-refractivity contribution is 7.98. The molecule has 36 heavy (non-hydrogen) atoms. The van der Waals surface area contributed by atoms with Gasteiger partial charge in [-0.1, -0.05) is 12.1 Å². The van der Waals surface area contributed by atoms with E-state index in [2.05, 4.69) is 5.32 Å². The molecule has 2 aromatic rings. The second-order valence-corrected chi connectivity index (χ2v) is 7.72. The average molecular weight is 527 g/mol. The van der Waals surface area contributed by atoms with Gasteiger partial charge >= 0.3 is 6.18 Å². The zero-order chi connectivity index (χ0) is 27.5. The maximum atomic E-state index is 12.8. The first-order valence-corrected chi connectivity index (χ1v) is 11.1. The molecule has 0 aliphatic rings. The third-order valence-corrected chi connectivity index (χ3v) is 4.81. The number of Topliss-reactive ketones (excluding diaryl/α,β-unsaturated/α-hetero) is 1. The Bertz CT molecular complexity index is 1090. The zero-order valence-corrected chi connectivity index (χ0v) is 19.4. The number of aliphatic carboxylic acids is 2. The third kappa shape index (κ3) is 10.0. The van der Waals surface area contributed by atoms with E-state index in [4.69, 9.17) is 25.8 Å². The molecule has 0 aliphatic carbocycles. The fourth-order valence-electron chi connectivity index (χ4n) is 2.45. The van der Waals surface area contributed by atoms with Crippen LogP contribution in [-0.2, 0) is 9.59 Å². The lowest BCUT2D eigenvalue weighted by atomic mass is 10.0. The normalized spacial score (nSPS) is 11.3. The van der Waals surface area contributed by atoms with Crippen LogP contribution in [0.4, 0.5) is 13.2 Å². The minimum absolute atomic E-state index is 0.0977. The maximum absolute atomic E-state index is 12.8. The number of benzene rings is 2. The van der Waals surface area contributed by atoms with Crippen molar-refractivity contribution in [3.8, 4) is 5.75 Å². The van der Waals surface area contributed by atoms with Crippen molar-refractivity contribution in [2.45, 2.75) is 12.2 Å². The smallest absolute Gasteiger partial charge is 0.430 e. The van der Waals surface area contributed by atoms with Crippen LogP contribution in [0.25, 0.3) is 0 Å². The van der Waals surface area contributed by atoms with Crippen molar-refractivity contribution < 1.29 is 47.3 Å². The van der Waals surface area contributed by atoms with Gasteiger partial charge in [-0.2, -0.15) is 24.9 Å². The lowest BCUT2D eigenvalue weighted by Crippen LogP contribution is -2.42. The van der Waals surface area contributed by atoms with E-state index in [-0.39, 0.29) is 11.6 Å². The number of nitrogens with one attached hydrogen (secondary N) is 2. The number of thioether (sulfide) groups is 1. The van der Waals surface area contributed by atoms with Crippen LogP contribution in [0, 0.1) is 5.41 Å². The quantitative estimate of drug-likeness (QED) is 0.213. The van der Waals surface area contributed by atoms with Crippen LogP contribution in [0.15, 0.2) is 48.5 Å². The van der Waals surface area contributed by atoms with Crippen LogP contribution in [0.2, 0.25) is 0 Å². The summed E-state index contributed by atoms with van der Waals surface area (Å²) in [6.45, 7) is -0.582. The van der Waals surface area contributed by atoms with E-state index >= 15 is 0 Å². The van der Waals surface area contributed by atoms with Crippen molar-refractivity contribution in [1.29, 1.82) is 5.41 Å². The number of amides is 1. The Morgan fingerprint density at radius 2 is 1.47 bits per heavy atom. The topological polar surface area (TPSA) is 186 Å². The van der Waals surface area contributed by atoms with Gasteiger partial charge in [0.05, 0.1) is 5.97 Å². The van der Waals surface area contributed by atoms with Gasteiger partial charge in [-0.15, -0.1) is 0 Å². The first-order valence-electron chi connectivity index (χ1n) is 9.75. The van der Waals surface area contributed by atoms with E-state index in [1.54, 1.807) is 12.1 Å². The molecule has 1 atom stereocenters. The van der Waals surface area contributed by atoms with Crippen molar-refractivity contribution in [3.05, 3.63) is 65.2 Å². The van der Waals surface area contributed by atoms with Crippen LogP contribution in [0.3, 0.4) is 0 Å². The van der Waals surface area contributed by atoms with E-state index in [1.165, 1.54) is 48.2 Å². The van der Waals surface area contributed by atoms with Crippen molar-refractivity contribution in [2.75, 3.05) is 18.6 Å². The first-order chi connectivity index (χ1) is 16.8. The highest BCUT2D eigenvalue weighted by atomic mass is 32.2. The number of hydrogen-bond acceptors (Lipinski definition) is 9. The second-order valence-electron chi connectivity index (χ2n) is 6.81. The molecule has 2 aromatic carbocycles.